The Hall–Kier alpha value is -3.93. The Kier molecular flexibility index (Phi) is 5.42. The van der Waals surface area contributed by atoms with E-state index in [-0.39, 0.29) is 17.7 Å². The summed E-state index contributed by atoms with van der Waals surface area (Å²) in [6.45, 7) is 4.59. The summed E-state index contributed by atoms with van der Waals surface area (Å²) in [5, 5.41) is 3.01. The van der Waals surface area contributed by atoms with Crippen molar-refractivity contribution in [2.75, 3.05) is 5.32 Å². The van der Waals surface area contributed by atoms with Crippen molar-refractivity contribution < 1.29 is 9.59 Å². The summed E-state index contributed by atoms with van der Waals surface area (Å²) in [7, 11) is 0. The smallest absolute Gasteiger partial charge is 0.255 e. The number of aromatic nitrogens is 2. The van der Waals surface area contributed by atoms with Crippen LogP contribution in [-0.4, -0.2) is 32.7 Å². The second kappa shape index (κ2) is 8.54. The highest BCUT2D eigenvalue weighted by molar-refractivity contribution is 6.03. The van der Waals surface area contributed by atoms with E-state index in [1.54, 1.807) is 4.90 Å². The van der Waals surface area contributed by atoms with E-state index in [4.69, 9.17) is 0 Å². The van der Waals surface area contributed by atoms with Crippen molar-refractivity contribution in [3.8, 4) is 11.4 Å². The number of nitrogens with zero attached hydrogens (tertiary/aromatic N) is 2. The van der Waals surface area contributed by atoms with Gasteiger partial charge in [0.2, 0.25) is 5.91 Å². The minimum absolute atomic E-state index is 0.0772. The molecule has 0 aliphatic carbocycles. The van der Waals surface area contributed by atoms with E-state index in [2.05, 4.69) is 29.1 Å². The van der Waals surface area contributed by atoms with Gasteiger partial charge in [0.25, 0.3) is 5.91 Å². The van der Waals surface area contributed by atoms with Gasteiger partial charge >= 0.3 is 0 Å². The van der Waals surface area contributed by atoms with Crippen molar-refractivity contribution in [1.82, 2.24) is 14.9 Å². The van der Waals surface area contributed by atoms with Gasteiger partial charge in [-0.25, -0.2) is 4.98 Å². The molecule has 166 valence electrons. The monoisotopic (exact) mass is 438 g/mol. The summed E-state index contributed by atoms with van der Waals surface area (Å²) in [5.41, 5.74) is 5.19. The molecular weight excluding hydrogens is 412 g/mol. The number of carbonyl (C=O) groups is 2. The maximum absolute atomic E-state index is 13.3. The van der Waals surface area contributed by atoms with Gasteiger partial charge in [0.1, 0.15) is 11.9 Å². The molecule has 0 spiro atoms. The molecule has 6 nitrogen and oxygen atoms in total. The highest BCUT2D eigenvalue weighted by Crippen LogP contribution is 2.28. The third kappa shape index (κ3) is 4.12. The van der Waals surface area contributed by atoms with E-state index < -0.39 is 6.04 Å². The molecule has 5 rings (SSSR count). The Balaban J connectivity index is 1.34. The molecular formula is C27H26N4O2. The van der Waals surface area contributed by atoms with Gasteiger partial charge in [0.15, 0.2) is 0 Å². The van der Waals surface area contributed by atoms with Crippen molar-refractivity contribution >= 4 is 28.5 Å². The highest BCUT2D eigenvalue weighted by Gasteiger charge is 2.36. The molecule has 0 saturated heterocycles. The first-order valence-electron chi connectivity index (χ1n) is 11.2. The van der Waals surface area contributed by atoms with Crippen LogP contribution in [0.1, 0.15) is 36.2 Å². The Labute approximate surface area is 192 Å². The number of amides is 2. The van der Waals surface area contributed by atoms with E-state index in [0.29, 0.717) is 24.2 Å². The maximum atomic E-state index is 13.3. The molecule has 1 aromatic heterocycles. The van der Waals surface area contributed by atoms with E-state index in [1.165, 1.54) is 0 Å². The number of para-hydroxylation sites is 2. The fourth-order valence-electron chi connectivity index (χ4n) is 4.38. The van der Waals surface area contributed by atoms with Crippen LogP contribution in [0.2, 0.25) is 0 Å². The number of rotatable bonds is 6. The lowest BCUT2D eigenvalue weighted by atomic mass is 10.0. The van der Waals surface area contributed by atoms with Crippen LogP contribution in [-0.2, 0) is 11.3 Å². The van der Waals surface area contributed by atoms with Gasteiger partial charge in [-0.3, -0.25) is 9.59 Å². The Morgan fingerprint density at radius 1 is 1.03 bits per heavy atom. The summed E-state index contributed by atoms with van der Waals surface area (Å²) in [4.78, 5) is 35.9. The van der Waals surface area contributed by atoms with Crippen LogP contribution in [0.4, 0.5) is 5.69 Å². The first-order chi connectivity index (χ1) is 16.0. The second-order valence-corrected chi connectivity index (χ2v) is 8.90. The van der Waals surface area contributed by atoms with Crippen LogP contribution >= 0.6 is 0 Å². The van der Waals surface area contributed by atoms with Crippen molar-refractivity contribution in [2.24, 2.45) is 5.92 Å². The third-order valence-electron chi connectivity index (χ3n) is 6.04. The molecule has 3 aromatic carbocycles. The van der Waals surface area contributed by atoms with Crippen molar-refractivity contribution in [2.45, 2.75) is 32.9 Å². The van der Waals surface area contributed by atoms with Gasteiger partial charge in [-0.15, -0.1) is 0 Å². The van der Waals surface area contributed by atoms with Crippen LogP contribution in [0.3, 0.4) is 0 Å². The zero-order valence-corrected chi connectivity index (χ0v) is 18.7. The molecule has 2 N–H and O–H groups in total. The molecule has 0 saturated carbocycles. The molecule has 2 heterocycles. The topological polar surface area (TPSA) is 78.1 Å². The molecule has 0 unspecified atom stereocenters. The third-order valence-corrected chi connectivity index (χ3v) is 6.04. The van der Waals surface area contributed by atoms with Gasteiger partial charge < -0.3 is 15.2 Å². The van der Waals surface area contributed by atoms with Crippen LogP contribution in [0.5, 0.6) is 0 Å². The number of hydrogen-bond donors (Lipinski definition) is 2. The van der Waals surface area contributed by atoms with E-state index in [9.17, 15) is 9.59 Å². The number of anilines is 1. The Bertz CT molecular complexity index is 1290. The lowest BCUT2D eigenvalue weighted by Gasteiger charge is -2.28. The largest absolute Gasteiger partial charge is 0.338 e. The maximum Gasteiger partial charge on any atom is 0.255 e. The molecule has 33 heavy (non-hydrogen) atoms. The van der Waals surface area contributed by atoms with Gasteiger partial charge in [0.05, 0.1) is 11.0 Å². The number of carbonyl (C=O) groups excluding carboxylic acids is 2. The predicted molar refractivity (Wildman–Crippen MR) is 130 cm³/mol. The number of imidazole rings is 1. The van der Waals surface area contributed by atoms with Crippen LogP contribution in [0.25, 0.3) is 22.4 Å². The molecule has 1 atom stereocenters. The predicted octanol–water partition coefficient (Wildman–Crippen LogP) is 5.24. The fraction of sp³-hybridized carbons (Fsp3) is 0.222. The molecule has 0 bridgehead atoms. The number of hydrogen-bond acceptors (Lipinski definition) is 3. The van der Waals surface area contributed by atoms with Gasteiger partial charge in [-0.05, 0) is 60.4 Å². The molecule has 0 fully saturated rings. The molecule has 1 aliphatic rings. The quantitative estimate of drug-likeness (QED) is 0.432. The fourth-order valence-corrected chi connectivity index (χ4v) is 4.38. The molecule has 6 heteroatoms. The lowest BCUT2D eigenvalue weighted by molar-refractivity contribution is -0.121. The minimum Gasteiger partial charge on any atom is -0.338 e. The number of aromatic amines is 1. The van der Waals surface area contributed by atoms with E-state index in [1.807, 2.05) is 72.8 Å². The number of fused-ring (bicyclic) bond motifs is 2. The average Bonchev–Trinajstić information content (AvgIpc) is 3.39. The van der Waals surface area contributed by atoms with Crippen molar-refractivity contribution in [1.29, 1.82) is 0 Å². The first kappa shape index (κ1) is 20.9. The van der Waals surface area contributed by atoms with Gasteiger partial charge in [-0.2, -0.15) is 0 Å². The van der Waals surface area contributed by atoms with Gasteiger partial charge in [-0.1, -0.05) is 44.2 Å². The summed E-state index contributed by atoms with van der Waals surface area (Å²) < 4.78 is 0. The molecule has 2 amide bonds. The number of nitrogens with one attached hydrogen (secondary N) is 2. The van der Waals surface area contributed by atoms with E-state index in [0.717, 1.165) is 28.0 Å². The minimum atomic E-state index is -0.528. The van der Waals surface area contributed by atoms with Crippen LogP contribution in [0.15, 0.2) is 72.8 Å². The second-order valence-electron chi connectivity index (χ2n) is 8.90. The SMILES string of the molecule is CC(C)C[C@H](C(=O)Nc1ccc(-c2nc3ccccc3[nH]2)cc1)N1Cc2ccccc2C1=O. The summed E-state index contributed by atoms with van der Waals surface area (Å²) in [6.07, 6.45) is 0.600. The molecule has 4 aromatic rings. The molecule has 1 aliphatic heterocycles. The van der Waals surface area contributed by atoms with E-state index >= 15 is 0 Å². The lowest BCUT2D eigenvalue weighted by Crippen LogP contribution is -2.45. The normalized spacial score (nSPS) is 14.0. The first-order valence-corrected chi connectivity index (χ1v) is 11.2. The zero-order chi connectivity index (χ0) is 22.9. The standard InChI is InChI=1S/C27H26N4O2/c1-17(2)15-24(31-16-19-7-3-4-8-21(19)27(31)33)26(32)28-20-13-11-18(12-14-20)25-29-22-9-5-6-10-23(22)30-25/h3-14,17,24H,15-16H2,1-2H3,(H,28,32)(H,29,30)/t24-/m1/s1. The number of benzene rings is 3. The highest BCUT2D eigenvalue weighted by atomic mass is 16.2. The zero-order valence-electron chi connectivity index (χ0n) is 18.7. The van der Waals surface area contributed by atoms with Crippen LogP contribution < -0.4 is 5.32 Å². The summed E-state index contributed by atoms with van der Waals surface area (Å²) in [5.74, 6) is 0.813. The summed E-state index contributed by atoms with van der Waals surface area (Å²) in [6, 6.07) is 22.5. The van der Waals surface area contributed by atoms with Gasteiger partial charge in [0, 0.05) is 23.4 Å². The average molecular weight is 439 g/mol. The number of H-pyrrole nitrogens is 1. The van der Waals surface area contributed by atoms with Crippen molar-refractivity contribution in [3.63, 3.8) is 0 Å². The van der Waals surface area contributed by atoms with Crippen molar-refractivity contribution in [3.05, 3.63) is 83.9 Å². The molecule has 0 radical (unpaired) electrons. The Morgan fingerprint density at radius 3 is 2.48 bits per heavy atom. The Morgan fingerprint density at radius 2 is 1.76 bits per heavy atom. The van der Waals surface area contributed by atoms with Crippen LogP contribution in [0, 0.1) is 5.92 Å². The summed E-state index contributed by atoms with van der Waals surface area (Å²) >= 11 is 0.